The average molecular weight is 406 g/mol. The van der Waals surface area contributed by atoms with Crippen molar-refractivity contribution in [2.24, 2.45) is 0 Å². The number of benzene rings is 2. The fourth-order valence-electron chi connectivity index (χ4n) is 2.12. The van der Waals surface area contributed by atoms with Gasteiger partial charge in [-0.25, -0.2) is 22.3 Å². The third-order valence-corrected chi connectivity index (χ3v) is 5.01. The Balaban J connectivity index is 1.99. The summed E-state index contributed by atoms with van der Waals surface area (Å²) < 4.78 is 44.8. The molecule has 2 aromatic rings. The van der Waals surface area contributed by atoms with Crippen molar-refractivity contribution in [3.63, 3.8) is 0 Å². The molecule has 9 heteroatoms. The normalized spacial score (nSPS) is 10.9. The number of nitrogens with one attached hydrogen (secondary N) is 2. The molecule has 0 saturated heterocycles. The summed E-state index contributed by atoms with van der Waals surface area (Å²) in [5.74, 6) is -2.00. The summed E-state index contributed by atoms with van der Waals surface area (Å²) in [6.07, 6.45) is 1.38. The Hall–Kier alpha value is -3.04. The maximum absolute atomic E-state index is 13.5. The highest BCUT2D eigenvalue weighted by molar-refractivity contribution is 7.89. The van der Waals surface area contributed by atoms with Gasteiger partial charge in [0.05, 0.1) is 10.5 Å². The number of amides is 1. The van der Waals surface area contributed by atoms with Gasteiger partial charge in [0.15, 0.2) is 6.61 Å². The maximum atomic E-state index is 13.5. The number of sulfonamides is 1. The third-order valence-electron chi connectivity index (χ3n) is 3.59. The lowest BCUT2D eigenvalue weighted by molar-refractivity contribution is -0.119. The van der Waals surface area contributed by atoms with Gasteiger partial charge in [0.25, 0.3) is 5.91 Å². The van der Waals surface area contributed by atoms with E-state index in [-0.39, 0.29) is 22.7 Å². The second kappa shape index (κ2) is 9.25. The number of hydrogen-bond acceptors (Lipinski definition) is 5. The van der Waals surface area contributed by atoms with E-state index in [2.05, 4.69) is 16.6 Å². The molecule has 0 unspecified atom stereocenters. The van der Waals surface area contributed by atoms with Crippen LogP contribution in [0.5, 0.6) is 0 Å². The fraction of sp³-hybridized carbons (Fsp3) is 0.158. The third kappa shape index (κ3) is 5.73. The molecular formula is C19H19FN2O5S. The number of esters is 1. The van der Waals surface area contributed by atoms with Crippen molar-refractivity contribution < 1.29 is 27.1 Å². The molecule has 0 aliphatic carbocycles. The predicted molar refractivity (Wildman–Crippen MR) is 102 cm³/mol. The van der Waals surface area contributed by atoms with Crippen molar-refractivity contribution in [3.05, 3.63) is 72.1 Å². The number of carbonyl (C=O) groups is 2. The Morgan fingerprint density at radius 3 is 2.64 bits per heavy atom. The Labute approximate surface area is 162 Å². The van der Waals surface area contributed by atoms with Gasteiger partial charge in [-0.15, -0.1) is 6.58 Å². The monoisotopic (exact) mass is 406 g/mol. The summed E-state index contributed by atoms with van der Waals surface area (Å²) in [7, 11) is -3.80. The van der Waals surface area contributed by atoms with Gasteiger partial charge in [-0.05, 0) is 42.8 Å². The lowest BCUT2D eigenvalue weighted by Gasteiger charge is -2.09. The minimum atomic E-state index is -3.80. The van der Waals surface area contributed by atoms with Crippen molar-refractivity contribution in [3.8, 4) is 0 Å². The largest absolute Gasteiger partial charge is 0.452 e. The van der Waals surface area contributed by atoms with Crippen LogP contribution in [-0.2, 0) is 19.6 Å². The summed E-state index contributed by atoms with van der Waals surface area (Å²) in [6, 6.07) is 9.38. The first-order valence-corrected chi connectivity index (χ1v) is 9.65. The van der Waals surface area contributed by atoms with E-state index in [0.29, 0.717) is 5.56 Å². The Morgan fingerprint density at radius 1 is 1.21 bits per heavy atom. The van der Waals surface area contributed by atoms with Crippen LogP contribution in [0, 0.1) is 12.7 Å². The Bertz CT molecular complexity index is 1010. The van der Waals surface area contributed by atoms with Gasteiger partial charge >= 0.3 is 5.97 Å². The van der Waals surface area contributed by atoms with Gasteiger partial charge in [0.1, 0.15) is 5.82 Å². The van der Waals surface area contributed by atoms with Crippen LogP contribution in [0.25, 0.3) is 0 Å². The summed E-state index contributed by atoms with van der Waals surface area (Å²) >= 11 is 0. The van der Waals surface area contributed by atoms with Crippen molar-refractivity contribution in [2.45, 2.75) is 11.8 Å². The van der Waals surface area contributed by atoms with E-state index in [9.17, 15) is 22.4 Å². The van der Waals surface area contributed by atoms with Gasteiger partial charge < -0.3 is 10.1 Å². The number of ether oxygens (including phenoxy) is 1. The zero-order valence-corrected chi connectivity index (χ0v) is 15.9. The van der Waals surface area contributed by atoms with Crippen molar-refractivity contribution in [2.75, 3.05) is 18.5 Å². The number of rotatable bonds is 8. The standard InChI is InChI=1S/C19H19FN2O5S/c1-3-9-21-28(25,26)16-6-4-5-14(10-16)19(24)27-12-18(23)22-15-8-7-13(2)17(20)11-15/h3-8,10-11,21H,1,9,12H2,2H3,(H,22,23). The number of carbonyl (C=O) groups excluding carboxylic acids is 2. The highest BCUT2D eigenvalue weighted by atomic mass is 32.2. The molecular weight excluding hydrogens is 387 g/mol. The smallest absolute Gasteiger partial charge is 0.338 e. The van der Waals surface area contributed by atoms with Crippen molar-refractivity contribution >= 4 is 27.6 Å². The molecule has 0 atom stereocenters. The number of anilines is 1. The molecule has 0 radical (unpaired) electrons. The van der Waals surface area contributed by atoms with Crippen LogP contribution in [0.3, 0.4) is 0 Å². The van der Waals surface area contributed by atoms with Gasteiger partial charge in [-0.2, -0.15) is 0 Å². The molecule has 2 N–H and O–H groups in total. The maximum Gasteiger partial charge on any atom is 0.338 e. The van der Waals surface area contributed by atoms with Crippen LogP contribution < -0.4 is 10.0 Å². The molecule has 148 valence electrons. The van der Waals surface area contributed by atoms with E-state index < -0.39 is 34.3 Å². The second-order valence-electron chi connectivity index (χ2n) is 5.76. The van der Waals surface area contributed by atoms with E-state index in [1.807, 2.05) is 0 Å². The van der Waals surface area contributed by atoms with Crippen molar-refractivity contribution in [1.29, 1.82) is 0 Å². The number of halogens is 1. The molecule has 2 aromatic carbocycles. The van der Waals surface area contributed by atoms with Crippen LogP contribution in [0.4, 0.5) is 10.1 Å². The summed E-state index contributed by atoms with van der Waals surface area (Å²) in [5, 5.41) is 2.40. The first kappa shape index (κ1) is 21.3. The minimum absolute atomic E-state index is 0.0318. The molecule has 0 fully saturated rings. The summed E-state index contributed by atoms with van der Waals surface area (Å²) in [4.78, 5) is 23.8. The highest BCUT2D eigenvalue weighted by Gasteiger charge is 2.17. The van der Waals surface area contributed by atoms with Gasteiger partial charge in [-0.1, -0.05) is 18.2 Å². The fourth-order valence-corrected chi connectivity index (χ4v) is 3.17. The van der Waals surface area contributed by atoms with E-state index in [1.165, 1.54) is 36.4 Å². The molecule has 0 aromatic heterocycles. The van der Waals surface area contributed by atoms with E-state index in [1.54, 1.807) is 6.92 Å². The molecule has 0 bridgehead atoms. The van der Waals surface area contributed by atoms with Gasteiger partial charge in [-0.3, -0.25) is 4.79 Å². The molecule has 2 rings (SSSR count). The molecule has 7 nitrogen and oxygen atoms in total. The van der Waals surface area contributed by atoms with Crippen LogP contribution in [0.2, 0.25) is 0 Å². The lowest BCUT2D eigenvalue weighted by atomic mass is 10.2. The Kier molecular flexibility index (Phi) is 7.02. The van der Waals surface area contributed by atoms with Crippen molar-refractivity contribution in [1.82, 2.24) is 4.72 Å². The summed E-state index contributed by atoms with van der Waals surface area (Å²) in [5.41, 5.74) is 0.628. The lowest BCUT2D eigenvalue weighted by Crippen LogP contribution is -2.24. The van der Waals surface area contributed by atoms with Crippen LogP contribution in [-0.4, -0.2) is 33.4 Å². The molecule has 0 saturated carbocycles. The van der Waals surface area contributed by atoms with Crippen LogP contribution >= 0.6 is 0 Å². The van der Waals surface area contributed by atoms with E-state index >= 15 is 0 Å². The minimum Gasteiger partial charge on any atom is -0.452 e. The zero-order valence-electron chi connectivity index (χ0n) is 15.1. The number of hydrogen-bond donors (Lipinski definition) is 2. The van der Waals surface area contributed by atoms with Gasteiger partial charge in [0, 0.05) is 12.2 Å². The highest BCUT2D eigenvalue weighted by Crippen LogP contribution is 2.14. The second-order valence-corrected chi connectivity index (χ2v) is 7.52. The van der Waals surface area contributed by atoms with Crippen LogP contribution in [0.1, 0.15) is 15.9 Å². The average Bonchev–Trinajstić information content (AvgIpc) is 2.67. The molecule has 0 aliphatic rings. The number of aryl methyl sites for hydroxylation is 1. The first-order valence-electron chi connectivity index (χ1n) is 8.16. The summed E-state index contributed by atoms with van der Waals surface area (Å²) in [6.45, 7) is 4.44. The molecule has 28 heavy (non-hydrogen) atoms. The zero-order chi connectivity index (χ0) is 20.7. The Morgan fingerprint density at radius 2 is 1.96 bits per heavy atom. The van der Waals surface area contributed by atoms with Gasteiger partial charge in [0.2, 0.25) is 10.0 Å². The SMILES string of the molecule is C=CCNS(=O)(=O)c1cccc(C(=O)OCC(=O)Nc2ccc(C)c(F)c2)c1. The topological polar surface area (TPSA) is 102 Å². The quantitative estimate of drug-likeness (QED) is 0.518. The molecule has 0 spiro atoms. The van der Waals surface area contributed by atoms with E-state index in [4.69, 9.17) is 4.74 Å². The predicted octanol–water partition coefficient (Wildman–Crippen LogP) is 2.39. The van der Waals surface area contributed by atoms with E-state index in [0.717, 1.165) is 12.1 Å². The molecule has 1 amide bonds. The molecule has 0 heterocycles. The van der Waals surface area contributed by atoms with Crippen LogP contribution in [0.15, 0.2) is 60.0 Å². The first-order chi connectivity index (χ1) is 13.2. The molecule has 0 aliphatic heterocycles.